The number of carbonyl (C=O) groups is 1. The maximum absolute atomic E-state index is 12.2. The first-order valence-corrected chi connectivity index (χ1v) is 6.85. The van der Waals surface area contributed by atoms with Gasteiger partial charge in [0, 0.05) is 23.9 Å². The number of nitrogens with zero attached hydrogens (tertiary/aromatic N) is 2. The van der Waals surface area contributed by atoms with Gasteiger partial charge in [0.15, 0.2) is 0 Å². The van der Waals surface area contributed by atoms with E-state index >= 15 is 0 Å². The zero-order valence-corrected chi connectivity index (χ0v) is 10.5. The van der Waals surface area contributed by atoms with Gasteiger partial charge in [0.05, 0.1) is 11.6 Å². The van der Waals surface area contributed by atoms with Crippen LogP contribution in [0.15, 0.2) is 24.3 Å². The average molecular weight is 246 g/mol. The molecule has 0 spiro atoms. The van der Waals surface area contributed by atoms with Crippen LogP contribution in [0.4, 0.5) is 0 Å². The van der Waals surface area contributed by atoms with Crippen LogP contribution in [0, 0.1) is 11.3 Å². The minimum absolute atomic E-state index is 0.0404. The molecule has 1 aliphatic rings. The van der Waals surface area contributed by atoms with E-state index in [9.17, 15) is 4.79 Å². The van der Waals surface area contributed by atoms with Crippen LogP contribution in [-0.2, 0) is 0 Å². The summed E-state index contributed by atoms with van der Waals surface area (Å²) in [5.74, 6) is 0.0404. The molecule has 1 aromatic rings. The minimum atomic E-state index is 0.0404. The molecule has 17 heavy (non-hydrogen) atoms. The maximum Gasteiger partial charge on any atom is 0.253 e. The van der Waals surface area contributed by atoms with Gasteiger partial charge in [-0.1, -0.05) is 6.07 Å². The normalized spacial score (nSPS) is 19.1. The zero-order chi connectivity index (χ0) is 12.3. The lowest BCUT2D eigenvalue weighted by Gasteiger charge is -2.16. The fraction of sp³-hybridized carbons (Fsp3) is 0.385. The molecular formula is C13H14N2OS. The Labute approximate surface area is 105 Å². The van der Waals surface area contributed by atoms with Crippen LogP contribution in [-0.4, -0.2) is 35.4 Å². The van der Waals surface area contributed by atoms with E-state index in [2.05, 4.69) is 12.3 Å². The van der Waals surface area contributed by atoms with Crippen molar-refractivity contribution in [2.45, 2.75) is 11.7 Å². The fourth-order valence-electron chi connectivity index (χ4n) is 2.01. The number of hydrogen-bond donors (Lipinski definition) is 0. The highest BCUT2D eigenvalue weighted by molar-refractivity contribution is 7.99. The second-order valence-corrected chi connectivity index (χ2v) is 5.23. The fourth-order valence-corrected chi connectivity index (χ4v) is 2.68. The molecule has 0 saturated carbocycles. The minimum Gasteiger partial charge on any atom is -0.337 e. The smallest absolute Gasteiger partial charge is 0.253 e. The first-order chi connectivity index (χ1) is 8.24. The first kappa shape index (κ1) is 12.0. The predicted octanol–water partition coefficient (Wildman–Crippen LogP) is 2.14. The Balaban J connectivity index is 2.12. The Morgan fingerprint density at radius 1 is 1.59 bits per heavy atom. The summed E-state index contributed by atoms with van der Waals surface area (Å²) in [6, 6.07) is 8.96. The third-order valence-electron chi connectivity index (χ3n) is 3.00. The summed E-state index contributed by atoms with van der Waals surface area (Å²) in [4.78, 5) is 14.1. The van der Waals surface area contributed by atoms with Gasteiger partial charge in [-0.25, -0.2) is 0 Å². The van der Waals surface area contributed by atoms with Gasteiger partial charge in [-0.3, -0.25) is 4.79 Å². The Morgan fingerprint density at radius 3 is 3.06 bits per heavy atom. The molecule has 0 aliphatic carbocycles. The standard InChI is InChI=1S/C13H14N2OS/c1-17-12-5-6-15(9-12)13(16)11-4-2-3-10(7-11)8-14/h2-4,7,12H,5-6,9H2,1H3/t12-/m0/s1. The zero-order valence-electron chi connectivity index (χ0n) is 9.72. The largest absolute Gasteiger partial charge is 0.337 e. The van der Waals surface area contributed by atoms with Crippen LogP contribution in [0.1, 0.15) is 22.3 Å². The van der Waals surface area contributed by atoms with E-state index in [1.165, 1.54) is 0 Å². The highest BCUT2D eigenvalue weighted by Gasteiger charge is 2.26. The van der Waals surface area contributed by atoms with Crippen molar-refractivity contribution in [3.8, 4) is 6.07 Å². The summed E-state index contributed by atoms with van der Waals surface area (Å²) in [6.07, 6.45) is 3.14. The van der Waals surface area contributed by atoms with E-state index in [4.69, 9.17) is 5.26 Å². The van der Waals surface area contributed by atoms with E-state index in [0.29, 0.717) is 16.4 Å². The quantitative estimate of drug-likeness (QED) is 0.803. The van der Waals surface area contributed by atoms with Crippen molar-refractivity contribution in [1.82, 2.24) is 4.90 Å². The van der Waals surface area contributed by atoms with Crippen molar-refractivity contribution in [1.29, 1.82) is 5.26 Å². The molecule has 0 radical (unpaired) electrons. The van der Waals surface area contributed by atoms with Crippen LogP contribution >= 0.6 is 11.8 Å². The molecule has 1 fully saturated rings. The molecule has 4 heteroatoms. The monoisotopic (exact) mass is 246 g/mol. The Kier molecular flexibility index (Phi) is 3.70. The number of rotatable bonds is 2. The van der Waals surface area contributed by atoms with Crippen molar-refractivity contribution in [3.63, 3.8) is 0 Å². The van der Waals surface area contributed by atoms with E-state index in [1.807, 2.05) is 16.7 Å². The topological polar surface area (TPSA) is 44.1 Å². The van der Waals surface area contributed by atoms with Crippen LogP contribution < -0.4 is 0 Å². The number of nitriles is 1. The molecule has 0 unspecified atom stereocenters. The number of likely N-dealkylation sites (tertiary alicyclic amines) is 1. The van der Waals surface area contributed by atoms with Crippen molar-refractivity contribution in [2.75, 3.05) is 19.3 Å². The van der Waals surface area contributed by atoms with Gasteiger partial charge >= 0.3 is 0 Å². The number of thioether (sulfide) groups is 1. The summed E-state index contributed by atoms with van der Waals surface area (Å²) in [5, 5.41) is 9.36. The number of benzene rings is 1. The summed E-state index contributed by atoms with van der Waals surface area (Å²) in [5.41, 5.74) is 1.15. The van der Waals surface area contributed by atoms with Gasteiger partial charge in [-0.15, -0.1) is 0 Å². The molecule has 3 nitrogen and oxygen atoms in total. The van der Waals surface area contributed by atoms with E-state index < -0.39 is 0 Å². The second-order valence-electron chi connectivity index (χ2n) is 4.09. The van der Waals surface area contributed by atoms with Crippen LogP contribution in [0.3, 0.4) is 0 Å². The Morgan fingerprint density at radius 2 is 2.41 bits per heavy atom. The summed E-state index contributed by atoms with van der Waals surface area (Å²) in [7, 11) is 0. The predicted molar refractivity (Wildman–Crippen MR) is 69.0 cm³/mol. The molecular weight excluding hydrogens is 232 g/mol. The molecule has 1 amide bonds. The lowest BCUT2D eigenvalue weighted by atomic mass is 10.1. The van der Waals surface area contributed by atoms with Crippen molar-refractivity contribution in [3.05, 3.63) is 35.4 Å². The molecule has 1 heterocycles. The van der Waals surface area contributed by atoms with Crippen LogP contribution in [0.5, 0.6) is 0 Å². The van der Waals surface area contributed by atoms with Gasteiger partial charge in [0.2, 0.25) is 0 Å². The van der Waals surface area contributed by atoms with Crippen molar-refractivity contribution >= 4 is 17.7 Å². The van der Waals surface area contributed by atoms with Gasteiger partial charge < -0.3 is 4.90 Å². The summed E-state index contributed by atoms with van der Waals surface area (Å²) < 4.78 is 0. The van der Waals surface area contributed by atoms with Crippen LogP contribution in [0.25, 0.3) is 0 Å². The summed E-state index contributed by atoms with van der Waals surface area (Å²) in [6.45, 7) is 1.64. The molecule has 1 aliphatic heterocycles. The first-order valence-electron chi connectivity index (χ1n) is 5.57. The molecule has 0 bridgehead atoms. The molecule has 1 atom stereocenters. The number of amides is 1. The highest BCUT2D eigenvalue weighted by Crippen LogP contribution is 2.21. The molecule has 0 aromatic heterocycles. The lowest BCUT2D eigenvalue weighted by molar-refractivity contribution is 0.0793. The molecule has 1 aromatic carbocycles. The highest BCUT2D eigenvalue weighted by atomic mass is 32.2. The van der Waals surface area contributed by atoms with Gasteiger partial charge in [0.25, 0.3) is 5.91 Å². The Bertz CT molecular complexity index is 467. The second kappa shape index (κ2) is 5.24. The molecule has 1 saturated heterocycles. The molecule has 0 N–H and O–H groups in total. The lowest BCUT2D eigenvalue weighted by Crippen LogP contribution is -2.29. The maximum atomic E-state index is 12.2. The number of hydrogen-bond acceptors (Lipinski definition) is 3. The van der Waals surface area contributed by atoms with Gasteiger partial charge in [-0.2, -0.15) is 17.0 Å². The molecule has 88 valence electrons. The summed E-state index contributed by atoms with van der Waals surface area (Å²) >= 11 is 1.81. The Hall–Kier alpha value is -1.47. The average Bonchev–Trinajstić information content (AvgIpc) is 2.86. The van der Waals surface area contributed by atoms with E-state index in [-0.39, 0.29) is 5.91 Å². The SMILES string of the molecule is CS[C@H]1CCN(C(=O)c2cccc(C#N)c2)C1. The van der Waals surface area contributed by atoms with E-state index in [1.54, 1.807) is 24.3 Å². The van der Waals surface area contributed by atoms with Crippen LogP contribution in [0.2, 0.25) is 0 Å². The van der Waals surface area contributed by atoms with E-state index in [0.717, 1.165) is 19.5 Å². The molecule has 2 rings (SSSR count). The number of carbonyl (C=O) groups excluding carboxylic acids is 1. The third kappa shape index (κ3) is 2.62. The van der Waals surface area contributed by atoms with Crippen molar-refractivity contribution < 1.29 is 4.79 Å². The van der Waals surface area contributed by atoms with Gasteiger partial charge in [-0.05, 0) is 30.9 Å². The third-order valence-corrected chi connectivity index (χ3v) is 4.06. The van der Waals surface area contributed by atoms with Gasteiger partial charge in [0.1, 0.15) is 0 Å². The van der Waals surface area contributed by atoms with Crippen molar-refractivity contribution in [2.24, 2.45) is 0 Å².